The molecule has 3 aromatic rings. The Bertz CT molecular complexity index is 1170. The summed E-state index contributed by atoms with van der Waals surface area (Å²) in [5, 5.41) is 11.6. The molecule has 8 heteroatoms. The number of fused-ring (bicyclic) bond motifs is 3. The minimum absolute atomic E-state index is 0.0582. The molecule has 0 aliphatic heterocycles. The van der Waals surface area contributed by atoms with Crippen LogP contribution in [-0.2, 0) is 19.2 Å². The van der Waals surface area contributed by atoms with Crippen molar-refractivity contribution in [3.63, 3.8) is 0 Å². The summed E-state index contributed by atoms with van der Waals surface area (Å²) in [5.41, 5.74) is 7.28. The lowest BCUT2D eigenvalue weighted by Gasteiger charge is -2.19. The molecule has 0 heterocycles. The molecule has 0 bridgehead atoms. The second-order valence-electron chi connectivity index (χ2n) is 8.23. The predicted molar refractivity (Wildman–Crippen MR) is 129 cm³/mol. The van der Waals surface area contributed by atoms with Crippen molar-refractivity contribution >= 4 is 18.0 Å². The average molecular weight is 475 g/mol. The topological polar surface area (TPSA) is 114 Å². The molecule has 2 atom stereocenters. The third-order valence-corrected chi connectivity index (χ3v) is 6.00. The molecule has 0 spiro atoms. The maximum atomic E-state index is 12.7. The van der Waals surface area contributed by atoms with Crippen LogP contribution in [0.3, 0.4) is 0 Å². The molecular formula is C27H26N2O6. The molecule has 2 amide bonds. The quantitative estimate of drug-likeness (QED) is 0.406. The van der Waals surface area contributed by atoms with E-state index >= 15 is 0 Å². The van der Waals surface area contributed by atoms with Crippen LogP contribution in [0.1, 0.15) is 35.4 Å². The predicted octanol–water partition coefficient (Wildman–Crippen LogP) is 3.83. The molecule has 0 saturated heterocycles. The van der Waals surface area contributed by atoms with Crippen LogP contribution in [0.2, 0.25) is 0 Å². The first kappa shape index (κ1) is 24.0. The number of hydrogen-bond acceptors (Lipinski definition) is 5. The van der Waals surface area contributed by atoms with Crippen molar-refractivity contribution in [2.75, 3.05) is 13.2 Å². The first-order valence-electron chi connectivity index (χ1n) is 11.3. The molecule has 2 unspecified atom stereocenters. The normalized spacial score (nSPS) is 13.7. The van der Waals surface area contributed by atoms with Crippen molar-refractivity contribution in [2.24, 2.45) is 0 Å². The molecule has 35 heavy (non-hydrogen) atoms. The number of carboxylic acid groups (broad SMARTS) is 1. The Kier molecular flexibility index (Phi) is 7.42. The van der Waals surface area contributed by atoms with Gasteiger partial charge < -0.3 is 15.2 Å². The minimum Gasteiger partial charge on any atom is -0.479 e. The molecule has 8 nitrogen and oxygen atoms in total. The van der Waals surface area contributed by atoms with Crippen molar-refractivity contribution in [2.45, 2.75) is 24.9 Å². The Morgan fingerprint density at radius 2 is 1.46 bits per heavy atom. The molecule has 0 fully saturated rings. The fourth-order valence-electron chi connectivity index (χ4n) is 4.15. The zero-order chi connectivity index (χ0) is 24.8. The smallest absolute Gasteiger partial charge is 0.407 e. The largest absolute Gasteiger partial charge is 0.479 e. The van der Waals surface area contributed by atoms with Crippen LogP contribution in [-0.4, -0.2) is 42.3 Å². The highest BCUT2D eigenvalue weighted by Gasteiger charge is 2.29. The standard InChI is InChI=1S/C27H26N2O6/c1-17(26(31)32)35-29-25(30)23(18-9-3-2-4-10-18)15-28-27(33)34-16-24-21-13-7-5-11-19(21)20-12-6-8-14-22(20)24/h2-14,17,23-24H,15-16H2,1H3,(H,28,33)(H,29,30)(H,31,32). The van der Waals surface area contributed by atoms with Crippen LogP contribution in [0.15, 0.2) is 78.9 Å². The number of nitrogens with one attached hydrogen (secondary N) is 2. The third kappa shape index (κ3) is 5.50. The van der Waals surface area contributed by atoms with E-state index in [2.05, 4.69) is 22.9 Å². The van der Waals surface area contributed by atoms with Crippen LogP contribution >= 0.6 is 0 Å². The summed E-state index contributed by atoms with van der Waals surface area (Å²) in [5.74, 6) is -2.67. The van der Waals surface area contributed by atoms with E-state index in [4.69, 9.17) is 14.7 Å². The second-order valence-corrected chi connectivity index (χ2v) is 8.23. The van der Waals surface area contributed by atoms with Crippen molar-refractivity contribution in [3.8, 4) is 11.1 Å². The number of amides is 2. The van der Waals surface area contributed by atoms with Crippen LogP contribution < -0.4 is 10.8 Å². The number of carbonyl (C=O) groups is 3. The van der Waals surface area contributed by atoms with Crippen molar-refractivity contribution < 1.29 is 29.1 Å². The van der Waals surface area contributed by atoms with Gasteiger partial charge >= 0.3 is 12.1 Å². The lowest BCUT2D eigenvalue weighted by atomic mass is 9.98. The van der Waals surface area contributed by atoms with Gasteiger partial charge in [0.25, 0.3) is 5.91 Å². The molecule has 4 rings (SSSR count). The summed E-state index contributed by atoms with van der Waals surface area (Å²) in [6, 6.07) is 24.9. The summed E-state index contributed by atoms with van der Waals surface area (Å²) in [7, 11) is 0. The molecule has 1 aliphatic carbocycles. The zero-order valence-electron chi connectivity index (χ0n) is 19.1. The van der Waals surface area contributed by atoms with E-state index < -0.39 is 30.0 Å². The summed E-state index contributed by atoms with van der Waals surface area (Å²) in [6.07, 6.45) is -1.87. The van der Waals surface area contributed by atoms with Gasteiger partial charge in [-0.3, -0.25) is 9.63 Å². The van der Waals surface area contributed by atoms with Gasteiger partial charge in [-0.15, -0.1) is 0 Å². The van der Waals surface area contributed by atoms with Gasteiger partial charge in [-0.1, -0.05) is 78.9 Å². The monoisotopic (exact) mass is 474 g/mol. The maximum absolute atomic E-state index is 12.7. The molecular weight excluding hydrogens is 448 g/mol. The zero-order valence-corrected chi connectivity index (χ0v) is 19.1. The van der Waals surface area contributed by atoms with Crippen LogP contribution in [0.25, 0.3) is 11.1 Å². The lowest BCUT2D eigenvalue weighted by Crippen LogP contribution is -2.40. The Balaban J connectivity index is 1.39. The number of benzene rings is 3. The number of rotatable bonds is 9. The van der Waals surface area contributed by atoms with E-state index in [1.54, 1.807) is 30.3 Å². The van der Waals surface area contributed by atoms with Gasteiger partial charge in [0.1, 0.15) is 6.61 Å². The lowest BCUT2D eigenvalue weighted by molar-refractivity contribution is -0.159. The van der Waals surface area contributed by atoms with E-state index in [9.17, 15) is 14.4 Å². The molecule has 0 saturated carbocycles. The Hall–Kier alpha value is -4.17. The fourth-order valence-corrected chi connectivity index (χ4v) is 4.15. The number of hydrogen-bond donors (Lipinski definition) is 3. The van der Waals surface area contributed by atoms with Gasteiger partial charge in [-0.05, 0) is 34.7 Å². The van der Waals surface area contributed by atoms with Gasteiger partial charge in [-0.25, -0.2) is 15.1 Å². The fraction of sp³-hybridized carbons (Fsp3) is 0.222. The van der Waals surface area contributed by atoms with Crippen LogP contribution in [0.5, 0.6) is 0 Å². The molecule has 1 aliphatic rings. The highest BCUT2D eigenvalue weighted by atomic mass is 16.7. The number of carboxylic acids is 1. The minimum atomic E-state index is -1.22. The summed E-state index contributed by atoms with van der Waals surface area (Å²) < 4.78 is 5.54. The summed E-state index contributed by atoms with van der Waals surface area (Å²) in [6.45, 7) is 1.40. The van der Waals surface area contributed by atoms with Crippen molar-refractivity contribution in [3.05, 3.63) is 95.6 Å². The van der Waals surface area contributed by atoms with E-state index in [-0.39, 0.29) is 19.1 Å². The average Bonchev–Trinajstić information content (AvgIpc) is 3.20. The number of carbonyl (C=O) groups excluding carboxylic acids is 2. The second kappa shape index (κ2) is 10.8. The maximum Gasteiger partial charge on any atom is 0.407 e. The van der Waals surface area contributed by atoms with Gasteiger partial charge in [0.15, 0.2) is 6.10 Å². The third-order valence-electron chi connectivity index (χ3n) is 6.00. The first-order chi connectivity index (χ1) is 17.0. The van der Waals surface area contributed by atoms with Gasteiger partial charge in [0.05, 0.1) is 5.92 Å². The highest BCUT2D eigenvalue weighted by Crippen LogP contribution is 2.44. The number of alkyl carbamates (subject to hydrolysis) is 1. The summed E-state index contributed by atoms with van der Waals surface area (Å²) in [4.78, 5) is 41.1. The first-order valence-corrected chi connectivity index (χ1v) is 11.3. The Morgan fingerprint density at radius 3 is 2.06 bits per heavy atom. The molecule has 3 aromatic carbocycles. The molecule has 0 radical (unpaired) electrons. The van der Waals surface area contributed by atoms with Gasteiger partial charge in [-0.2, -0.15) is 0 Å². The van der Waals surface area contributed by atoms with Gasteiger partial charge in [0.2, 0.25) is 0 Å². The van der Waals surface area contributed by atoms with Crippen LogP contribution in [0.4, 0.5) is 4.79 Å². The number of ether oxygens (including phenoxy) is 1. The SMILES string of the molecule is CC(ONC(=O)C(CNC(=O)OCC1c2ccccc2-c2ccccc21)c1ccccc1)C(=O)O. The molecule has 0 aromatic heterocycles. The van der Waals surface area contributed by atoms with E-state index in [0.29, 0.717) is 5.56 Å². The van der Waals surface area contributed by atoms with Gasteiger partial charge in [0, 0.05) is 12.5 Å². The number of hydroxylamine groups is 1. The summed E-state index contributed by atoms with van der Waals surface area (Å²) >= 11 is 0. The van der Waals surface area contributed by atoms with Crippen LogP contribution in [0, 0.1) is 0 Å². The van der Waals surface area contributed by atoms with E-state index in [0.717, 1.165) is 22.3 Å². The van der Waals surface area contributed by atoms with E-state index in [1.165, 1.54) is 6.92 Å². The Labute approximate surface area is 202 Å². The highest BCUT2D eigenvalue weighted by molar-refractivity contribution is 5.84. The molecule has 3 N–H and O–H groups in total. The molecule has 180 valence electrons. The van der Waals surface area contributed by atoms with Crippen molar-refractivity contribution in [1.29, 1.82) is 0 Å². The van der Waals surface area contributed by atoms with E-state index in [1.807, 2.05) is 36.4 Å². The number of aliphatic carboxylic acids is 1. The van der Waals surface area contributed by atoms with Crippen molar-refractivity contribution in [1.82, 2.24) is 10.8 Å². The Morgan fingerprint density at radius 1 is 0.886 bits per heavy atom.